The van der Waals surface area contributed by atoms with Gasteiger partial charge in [-0.05, 0) is 28.4 Å². The molecule has 0 aromatic carbocycles. The average molecular weight is 359 g/mol. The van der Waals surface area contributed by atoms with Crippen LogP contribution in [0.3, 0.4) is 0 Å². The number of nitrogens with zero attached hydrogens (tertiary/aromatic N) is 2. The molecule has 0 radical (unpaired) electrons. The minimum atomic E-state index is -3.06. The normalized spacial score (nSPS) is 20.6. The molecule has 0 N–H and O–H groups in total. The lowest BCUT2D eigenvalue weighted by molar-refractivity contribution is 0.0714. The van der Waals surface area contributed by atoms with E-state index in [0.717, 1.165) is 4.47 Å². The third-order valence-electron chi connectivity index (χ3n) is 3.36. The van der Waals surface area contributed by atoms with Crippen LogP contribution in [0.1, 0.15) is 16.9 Å². The van der Waals surface area contributed by atoms with Gasteiger partial charge in [0.05, 0.1) is 18.1 Å². The molecule has 1 fully saturated rings. The van der Waals surface area contributed by atoms with Gasteiger partial charge in [-0.3, -0.25) is 4.79 Å². The van der Waals surface area contributed by atoms with Crippen LogP contribution in [0, 0.1) is 12.3 Å². The topological polar surface area (TPSA) is 59.4 Å². The van der Waals surface area contributed by atoms with E-state index in [1.165, 1.54) is 4.90 Å². The molecule has 1 amide bonds. The van der Waals surface area contributed by atoms with E-state index in [0.29, 0.717) is 12.1 Å². The van der Waals surface area contributed by atoms with Crippen LogP contribution in [-0.2, 0) is 16.9 Å². The summed E-state index contributed by atoms with van der Waals surface area (Å²) in [6, 6.07) is 1.37. The second kappa shape index (κ2) is 5.62. The first-order chi connectivity index (χ1) is 9.34. The Labute approximate surface area is 127 Å². The number of hydrogen-bond acceptors (Lipinski definition) is 3. The summed E-state index contributed by atoms with van der Waals surface area (Å²) in [4.78, 5) is 14.0. The molecule has 1 aromatic rings. The van der Waals surface area contributed by atoms with E-state index in [1.54, 1.807) is 23.9 Å². The molecule has 1 unspecified atom stereocenters. The van der Waals surface area contributed by atoms with Gasteiger partial charge in [0.25, 0.3) is 5.91 Å². The summed E-state index contributed by atoms with van der Waals surface area (Å²) in [6.45, 7) is 0.113. The van der Waals surface area contributed by atoms with E-state index in [4.69, 9.17) is 6.42 Å². The summed E-state index contributed by atoms with van der Waals surface area (Å²) in [6.07, 6.45) is 7.53. The number of amides is 1. The molecule has 0 spiro atoms. The van der Waals surface area contributed by atoms with Crippen LogP contribution in [0.25, 0.3) is 0 Å². The highest BCUT2D eigenvalue weighted by molar-refractivity contribution is 9.10. The summed E-state index contributed by atoms with van der Waals surface area (Å²) >= 11 is 3.31. The number of terminal acetylenes is 1. The lowest BCUT2D eigenvalue weighted by Crippen LogP contribution is -2.42. The number of carbonyl (C=O) groups is 1. The molecular formula is C13H15BrN2O3S. The van der Waals surface area contributed by atoms with Gasteiger partial charge in [0.1, 0.15) is 5.69 Å². The Kier molecular flexibility index (Phi) is 4.25. The zero-order valence-electron chi connectivity index (χ0n) is 11.0. The molecule has 108 valence electrons. The van der Waals surface area contributed by atoms with Gasteiger partial charge in [0.2, 0.25) is 0 Å². The molecule has 2 rings (SSSR count). The molecule has 2 heterocycles. The van der Waals surface area contributed by atoms with Gasteiger partial charge in [-0.15, -0.1) is 6.42 Å². The van der Waals surface area contributed by atoms with Gasteiger partial charge in [-0.25, -0.2) is 8.42 Å². The fourth-order valence-corrected chi connectivity index (χ4v) is 4.62. The number of aryl methyl sites for hydroxylation is 1. The van der Waals surface area contributed by atoms with Crippen LogP contribution in [0.5, 0.6) is 0 Å². The quantitative estimate of drug-likeness (QED) is 0.758. The number of aromatic nitrogens is 1. The number of halogens is 1. The number of rotatable bonds is 3. The first-order valence-electron chi connectivity index (χ1n) is 6.11. The molecular weight excluding hydrogens is 344 g/mol. The van der Waals surface area contributed by atoms with Crippen molar-refractivity contribution >= 4 is 31.7 Å². The van der Waals surface area contributed by atoms with E-state index < -0.39 is 9.84 Å². The third-order valence-corrected chi connectivity index (χ3v) is 5.55. The summed E-state index contributed by atoms with van der Waals surface area (Å²) in [5.74, 6) is 2.31. The lowest BCUT2D eigenvalue weighted by Gasteiger charge is -2.26. The van der Waals surface area contributed by atoms with Crippen molar-refractivity contribution in [2.75, 3.05) is 18.1 Å². The molecule has 0 aliphatic carbocycles. The highest BCUT2D eigenvalue weighted by Crippen LogP contribution is 2.21. The van der Waals surface area contributed by atoms with E-state index in [-0.39, 0.29) is 30.0 Å². The smallest absolute Gasteiger partial charge is 0.271 e. The largest absolute Gasteiger partial charge is 0.345 e. The highest BCUT2D eigenvalue weighted by Gasteiger charge is 2.35. The van der Waals surface area contributed by atoms with Crippen LogP contribution in [-0.4, -0.2) is 47.9 Å². The van der Waals surface area contributed by atoms with Crippen molar-refractivity contribution in [2.24, 2.45) is 7.05 Å². The van der Waals surface area contributed by atoms with Crippen LogP contribution in [0.2, 0.25) is 0 Å². The number of carbonyl (C=O) groups excluding carboxylic acids is 1. The summed E-state index contributed by atoms with van der Waals surface area (Å²) in [7, 11) is -1.30. The first kappa shape index (κ1) is 15.1. The second-order valence-electron chi connectivity index (χ2n) is 4.85. The predicted molar refractivity (Wildman–Crippen MR) is 80.0 cm³/mol. The molecule has 1 saturated heterocycles. The Morgan fingerprint density at radius 2 is 2.35 bits per heavy atom. The maximum atomic E-state index is 12.6. The van der Waals surface area contributed by atoms with Crippen LogP contribution in [0.15, 0.2) is 16.7 Å². The molecule has 1 aliphatic rings. The minimum absolute atomic E-state index is 0.00792. The standard InChI is InChI=1S/C13H15BrN2O3S/c1-3-5-16(11-4-6-20(18,19)9-11)13(17)12-7-10(14)8-15(12)2/h1,7-8,11H,4-6,9H2,2H3. The van der Waals surface area contributed by atoms with Crippen LogP contribution < -0.4 is 0 Å². The monoisotopic (exact) mass is 358 g/mol. The van der Waals surface area contributed by atoms with Crippen molar-refractivity contribution in [3.05, 3.63) is 22.4 Å². The first-order valence-corrected chi connectivity index (χ1v) is 8.72. The van der Waals surface area contributed by atoms with E-state index in [9.17, 15) is 13.2 Å². The fraction of sp³-hybridized carbons (Fsp3) is 0.462. The van der Waals surface area contributed by atoms with Gasteiger partial charge in [0, 0.05) is 23.8 Å². The van der Waals surface area contributed by atoms with E-state index >= 15 is 0 Å². The summed E-state index contributed by atoms with van der Waals surface area (Å²) in [5, 5.41) is 0. The molecule has 7 heteroatoms. The van der Waals surface area contributed by atoms with Gasteiger partial charge in [0.15, 0.2) is 9.84 Å². The number of hydrogen-bond donors (Lipinski definition) is 0. The van der Waals surface area contributed by atoms with Crippen molar-refractivity contribution < 1.29 is 13.2 Å². The van der Waals surface area contributed by atoms with E-state index in [2.05, 4.69) is 21.9 Å². The zero-order chi connectivity index (χ0) is 14.9. The van der Waals surface area contributed by atoms with Gasteiger partial charge >= 0.3 is 0 Å². The second-order valence-corrected chi connectivity index (χ2v) is 7.99. The summed E-state index contributed by atoms with van der Waals surface area (Å²) in [5.41, 5.74) is 0.483. The molecule has 5 nitrogen and oxygen atoms in total. The average Bonchev–Trinajstić information content (AvgIpc) is 2.88. The van der Waals surface area contributed by atoms with E-state index in [1.807, 2.05) is 0 Å². The number of sulfone groups is 1. The molecule has 1 aromatic heterocycles. The Balaban J connectivity index is 2.28. The molecule has 20 heavy (non-hydrogen) atoms. The van der Waals surface area contributed by atoms with Crippen molar-refractivity contribution in [1.82, 2.24) is 9.47 Å². The van der Waals surface area contributed by atoms with Crippen LogP contribution in [0.4, 0.5) is 0 Å². The molecule has 0 saturated carbocycles. The maximum absolute atomic E-state index is 12.6. The Morgan fingerprint density at radius 1 is 1.65 bits per heavy atom. The fourth-order valence-electron chi connectivity index (χ4n) is 2.37. The zero-order valence-corrected chi connectivity index (χ0v) is 13.4. The lowest BCUT2D eigenvalue weighted by atomic mass is 10.2. The highest BCUT2D eigenvalue weighted by atomic mass is 79.9. The van der Waals surface area contributed by atoms with Gasteiger partial charge < -0.3 is 9.47 Å². The van der Waals surface area contributed by atoms with Crippen molar-refractivity contribution in [1.29, 1.82) is 0 Å². The Morgan fingerprint density at radius 3 is 2.80 bits per heavy atom. The minimum Gasteiger partial charge on any atom is -0.345 e. The third kappa shape index (κ3) is 3.07. The van der Waals surface area contributed by atoms with Crippen molar-refractivity contribution in [3.8, 4) is 12.3 Å². The van der Waals surface area contributed by atoms with Crippen LogP contribution >= 0.6 is 15.9 Å². The van der Waals surface area contributed by atoms with Gasteiger partial charge in [-0.1, -0.05) is 5.92 Å². The van der Waals surface area contributed by atoms with Gasteiger partial charge in [-0.2, -0.15) is 0 Å². The SMILES string of the molecule is C#CCN(C(=O)c1cc(Br)cn1C)C1CCS(=O)(=O)C1. The Hall–Kier alpha value is -1.26. The van der Waals surface area contributed by atoms with Crippen molar-refractivity contribution in [2.45, 2.75) is 12.5 Å². The molecule has 1 aliphatic heterocycles. The molecule has 0 bridgehead atoms. The maximum Gasteiger partial charge on any atom is 0.271 e. The predicted octanol–water partition coefficient (Wildman–Crippen LogP) is 1.05. The van der Waals surface area contributed by atoms with Crippen molar-refractivity contribution in [3.63, 3.8) is 0 Å². The molecule has 1 atom stereocenters. The Bertz CT molecular complexity index is 672. The summed E-state index contributed by atoms with van der Waals surface area (Å²) < 4.78 is 25.6.